The minimum Gasteiger partial charge on any atom is -0.476 e. The predicted octanol–water partition coefficient (Wildman–Crippen LogP) is 3.27. The number of pyridine rings is 1. The van der Waals surface area contributed by atoms with E-state index in [1.54, 1.807) is 12.1 Å². The molecule has 1 aromatic rings. The Hall–Kier alpha value is -1.45. The van der Waals surface area contributed by atoms with E-state index in [0.29, 0.717) is 35.9 Å². The summed E-state index contributed by atoms with van der Waals surface area (Å²) in [6, 6.07) is 3.60. The van der Waals surface area contributed by atoms with Gasteiger partial charge in [0.15, 0.2) is 0 Å². The maximum absolute atomic E-state index is 5.86. The molecular weight excluding hydrogens is 240 g/mol. The molecule has 106 valence electrons. The molecule has 2 rings (SSSR count). The van der Waals surface area contributed by atoms with E-state index in [2.05, 4.69) is 25.8 Å². The van der Waals surface area contributed by atoms with Crippen molar-refractivity contribution in [3.63, 3.8) is 0 Å². The molecule has 2 N–H and O–H groups in total. The Kier molecular flexibility index (Phi) is 4.51. The van der Waals surface area contributed by atoms with Crippen molar-refractivity contribution in [3.05, 3.63) is 12.1 Å². The van der Waals surface area contributed by atoms with E-state index in [1.807, 2.05) is 0 Å². The topological polar surface area (TPSA) is 57.4 Å². The minimum absolute atomic E-state index is 0.146. The summed E-state index contributed by atoms with van der Waals surface area (Å²) >= 11 is 0. The Morgan fingerprint density at radius 1 is 1.32 bits per heavy atom. The van der Waals surface area contributed by atoms with Gasteiger partial charge < -0.3 is 15.2 Å². The van der Waals surface area contributed by atoms with E-state index in [1.165, 1.54) is 12.8 Å². The second-order valence-electron chi connectivity index (χ2n) is 5.86. The van der Waals surface area contributed by atoms with Gasteiger partial charge in [-0.15, -0.1) is 0 Å². The van der Waals surface area contributed by atoms with Gasteiger partial charge in [-0.3, -0.25) is 0 Å². The first-order valence-electron chi connectivity index (χ1n) is 7.10. The average molecular weight is 264 g/mol. The van der Waals surface area contributed by atoms with Crippen molar-refractivity contribution in [2.45, 2.75) is 46.1 Å². The van der Waals surface area contributed by atoms with Crippen LogP contribution in [-0.2, 0) is 0 Å². The van der Waals surface area contributed by atoms with Crippen molar-refractivity contribution in [2.75, 3.05) is 12.3 Å². The summed E-state index contributed by atoms with van der Waals surface area (Å²) in [5.74, 6) is 2.38. The van der Waals surface area contributed by atoms with Crippen LogP contribution in [0.3, 0.4) is 0 Å². The molecule has 1 heterocycles. The van der Waals surface area contributed by atoms with Crippen LogP contribution in [0.5, 0.6) is 11.8 Å². The van der Waals surface area contributed by atoms with Crippen molar-refractivity contribution in [2.24, 2.45) is 11.8 Å². The second-order valence-corrected chi connectivity index (χ2v) is 5.86. The fourth-order valence-corrected chi connectivity index (χ4v) is 2.01. The molecule has 19 heavy (non-hydrogen) atoms. The summed E-state index contributed by atoms with van der Waals surface area (Å²) in [6.45, 7) is 7.13. The highest BCUT2D eigenvalue weighted by molar-refractivity contribution is 5.49. The van der Waals surface area contributed by atoms with Gasteiger partial charge >= 0.3 is 0 Å². The molecule has 0 spiro atoms. The lowest BCUT2D eigenvalue weighted by Gasteiger charge is -2.16. The standard InChI is InChI=1S/C15H24N2O2/c1-10(2)8-11(3)19-14-7-6-13(16)15(17-14)18-9-12-4-5-12/h6-7,10-12H,4-5,8-9,16H2,1-3H3. The summed E-state index contributed by atoms with van der Waals surface area (Å²) in [5, 5.41) is 0. The number of nitrogens with two attached hydrogens (primary N) is 1. The first-order chi connectivity index (χ1) is 9.04. The summed E-state index contributed by atoms with van der Waals surface area (Å²) in [7, 11) is 0. The Labute approximate surface area is 115 Å². The van der Waals surface area contributed by atoms with E-state index >= 15 is 0 Å². The van der Waals surface area contributed by atoms with Crippen molar-refractivity contribution in [3.8, 4) is 11.8 Å². The van der Waals surface area contributed by atoms with Gasteiger partial charge in [0.2, 0.25) is 11.8 Å². The average Bonchev–Trinajstić information content (AvgIpc) is 3.12. The highest BCUT2D eigenvalue weighted by Gasteiger charge is 2.22. The number of ether oxygens (including phenoxy) is 2. The van der Waals surface area contributed by atoms with Gasteiger partial charge in [-0.2, -0.15) is 4.98 Å². The minimum atomic E-state index is 0.146. The van der Waals surface area contributed by atoms with Crippen LogP contribution < -0.4 is 15.2 Å². The molecule has 0 aromatic carbocycles. The predicted molar refractivity (Wildman–Crippen MR) is 76.4 cm³/mol. The molecule has 1 fully saturated rings. The molecular formula is C15H24N2O2. The van der Waals surface area contributed by atoms with Crippen LogP contribution in [0, 0.1) is 11.8 Å². The van der Waals surface area contributed by atoms with Gasteiger partial charge in [0, 0.05) is 6.07 Å². The Bertz CT molecular complexity index is 417. The molecule has 1 aliphatic rings. The van der Waals surface area contributed by atoms with Gasteiger partial charge in [-0.05, 0) is 44.1 Å². The van der Waals surface area contributed by atoms with Crippen molar-refractivity contribution >= 4 is 5.69 Å². The fourth-order valence-electron chi connectivity index (χ4n) is 2.01. The van der Waals surface area contributed by atoms with Crippen LogP contribution in [0.1, 0.15) is 40.0 Å². The third-order valence-electron chi connectivity index (χ3n) is 3.14. The third kappa shape index (κ3) is 4.62. The lowest BCUT2D eigenvalue weighted by atomic mass is 10.1. The molecule has 0 aliphatic heterocycles. The van der Waals surface area contributed by atoms with E-state index in [0.717, 1.165) is 6.42 Å². The van der Waals surface area contributed by atoms with Crippen molar-refractivity contribution in [1.82, 2.24) is 4.98 Å². The summed E-state index contributed by atoms with van der Waals surface area (Å²) in [6.07, 6.45) is 3.65. The summed E-state index contributed by atoms with van der Waals surface area (Å²) in [4.78, 5) is 4.35. The Morgan fingerprint density at radius 2 is 2.05 bits per heavy atom. The SMILES string of the molecule is CC(C)CC(C)Oc1ccc(N)c(OCC2CC2)n1. The zero-order valence-electron chi connectivity index (χ0n) is 12.1. The zero-order chi connectivity index (χ0) is 13.8. The first-order valence-corrected chi connectivity index (χ1v) is 7.10. The van der Waals surface area contributed by atoms with Gasteiger partial charge in [-0.1, -0.05) is 13.8 Å². The van der Waals surface area contributed by atoms with Crippen LogP contribution >= 0.6 is 0 Å². The fraction of sp³-hybridized carbons (Fsp3) is 0.667. The molecule has 1 unspecified atom stereocenters. The van der Waals surface area contributed by atoms with Crippen LogP contribution in [-0.4, -0.2) is 17.7 Å². The zero-order valence-corrected chi connectivity index (χ0v) is 12.1. The van der Waals surface area contributed by atoms with Crippen molar-refractivity contribution < 1.29 is 9.47 Å². The molecule has 0 amide bonds. The second kappa shape index (κ2) is 6.13. The molecule has 1 atom stereocenters. The van der Waals surface area contributed by atoms with Gasteiger partial charge in [-0.25, -0.2) is 0 Å². The smallest absolute Gasteiger partial charge is 0.240 e. The molecule has 0 saturated heterocycles. The van der Waals surface area contributed by atoms with E-state index in [9.17, 15) is 0 Å². The van der Waals surface area contributed by atoms with Crippen LogP contribution in [0.15, 0.2) is 12.1 Å². The van der Waals surface area contributed by atoms with Gasteiger partial charge in [0.1, 0.15) is 0 Å². The van der Waals surface area contributed by atoms with Crippen LogP contribution in [0.4, 0.5) is 5.69 Å². The Balaban J connectivity index is 1.94. The number of aromatic nitrogens is 1. The van der Waals surface area contributed by atoms with E-state index < -0.39 is 0 Å². The normalized spacial score (nSPS) is 16.4. The summed E-state index contributed by atoms with van der Waals surface area (Å²) in [5.41, 5.74) is 6.44. The van der Waals surface area contributed by atoms with Crippen LogP contribution in [0.2, 0.25) is 0 Å². The van der Waals surface area contributed by atoms with Gasteiger partial charge in [0.05, 0.1) is 18.4 Å². The number of nitrogens with zero attached hydrogens (tertiary/aromatic N) is 1. The van der Waals surface area contributed by atoms with Gasteiger partial charge in [0.25, 0.3) is 0 Å². The maximum Gasteiger partial charge on any atom is 0.240 e. The summed E-state index contributed by atoms with van der Waals surface area (Å²) < 4.78 is 11.4. The monoisotopic (exact) mass is 264 g/mol. The molecule has 1 aromatic heterocycles. The first kappa shape index (κ1) is 14.0. The number of anilines is 1. The highest BCUT2D eigenvalue weighted by Crippen LogP contribution is 2.31. The molecule has 1 aliphatic carbocycles. The molecule has 1 saturated carbocycles. The lowest BCUT2D eigenvalue weighted by Crippen LogP contribution is -2.15. The molecule has 0 radical (unpaired) electrons. The van der Waals surface area contributed by atoms with E-state index in [4.69, 9.17) is 15.2 Å². The highest BCUT2D eigenvalue weighted by atomic mass is 16.5. The van der Waals surface area contributed by atoms with E-state index in [-0.39, 0.29) is 6.10 Å². The quantitative estimate of drug-likeness (QED) is 0.821. The molecule has 0 bridgehead atoms. The molecule has 4 nitrogen and oxygen atoms in total. The number of hydrogen-bond acceptors (Lipinski definition) is 4. The number of nitrogen functional groups attached to an aromatic ring is 1. The Morgan fingerprint density at radius 3 is 2.68 bits per heavy atom. The lowest BCUT2D eigenvalue weighted by molar-refractivity contribution is 0.182. The number of hydrogen-bond donors (Lipinski definition) is 1. The largest absolute Gasteiger partial charge is 0.476 e. The molecule has 4 heteroatoms. The van der Waals surface area contributed by atoms with Crippen LogP contribution in [0.25, 0.3) is 0 Å². The van der Waals surface area contributed by atoms with Crippen molar-refractivity contribution in [1.29, 1.82) is 0 Å². The maximum atomic E-state index is 5.86. The third-order valence-corrected chi connectivity index (χ3v) is 3.14. The number of rotatable bonds is 7.